The second-order valence-electron chi connectivity index (χ2n) is 4.43. The Hall–Kier alpha value is -1.85. The van der Waals surface area contributed by atoms with Crippen LogP contribution in [0.15, 0.2) is 40.9 Å². The van der Waals surface area contributed by atoms with Gasteiger partial charge in [0.2, 0.25) is 0 Å². The van der Waals surface area contributed by atoms with Crippen molar-refractivity contribution in [2.24, 2.45) is 0 Å². The molecule has 0 bridgehead atoms. The first kappa shape index (κ1) is 14.1. The third-order valence-electron chi connectivity index (χ3n) is 3.24. The van der Waals surface area contributed by atoms with Gasteiger partial charge in [-0.3, -0.25) is 9.59 Å². The molecule has 1 heterocycles. The standard InChI is InChI=1S/C15H9BrClNO3/c1-21-13-11(16)6-8(7-12(13)17)18-14(19)9-4-2-3-5-10(9)15(18)20/h2-7H,1H3. The number of hydrogen-bond acceptors (Lipinski definition) is 3. The van der Waals surface area contributed by atoms with Gasteiger partial charge in [-0.05, 0) is 40.2 Å². The van der Waals surface area contributed by atoms with E-state index in [9.17, 15) is 9.59 Å². The summed E-state index contributed by atoms with van der Waals surface area (Å²) in [4.78, 5) is 25.9. The molecule has 0 saturated carbocycles. The van der Waals surface area contributed by atoms with Crippen LogP contribution in [0.3, 0.4) is 0 Å². The van der Waals surface area contributed by atoms with Crippen molar-refractivity contribution in [3.05, 3.63) is 57.0 Å². The molecule has 4 nitrogen and oxygen atoms in total. The number of carbonyl (C=O) groups excluding carboxylic acids is 2. The predicted molar refractivity (Wildman–Crippen MR) is 83.3 cm³/mol. The lowest BCUT2D eigenvalue weighted by atomic mass is 10.1. The molecule has 0 radical (unpaired) electrons. The monoisotopic (exact) mass is 365 g/mol. The summed E-state index contributed by atoms with van der Waals surface area (Å²) in [5, 5.41) is 0.318. The van der Waals surface area contributed by atoms with E-state index in [-0.39, 0.29) is 11.8 Å². The second-order valence-corrected chi connectivity index (χ2v) is 5.70. The maximum Gasteiger partial charge on any atom is 0.266 e. The summed E-state index contributed by atoms with van der Waals surface area (Å²) in [7, 11) is 1.49. The Morgan fingerprint density at radius 3 is 2.14 bits per heavy atom. The summed E-state index contributed by atoms with van der Waals surface area (Å²) in [6, 6.07) is 9.89. The van der Waals surface area contributed by atoms with E-state index in [4.69, 9.17) is 16.3 Å². The highest BCUT2D eigenvalue weighted by atomic mass is 79.9. The average molecular weight is 367 g/mol. The SMILES string of the molecule is COc1c(Cl)cc(N2C(=O)c3ccccc3C2=O)cc1Br. The van der Waals surface area contributed by atoms with E-state index < -0.39 is 0 Å². The number of ether oxygens (including phenoxy) is 1. The van der Waals surface area contributed by atoms with Crippen molar-refractivity contribution in [1.82, 2.24) is 0 Å². The number of hydrogen-bond donors (Lipinski definition) is 0. The number of carbonyl (C=O) groups is 2. The summed E-state index contributed by atoms with van der Waals surface area (Å²) >= 11 is 9.44. The quantitative estimate of drug-likeness (QED) is 0.757. The van der Waals surface area contributed by atoms with Gasteiger partial charge in [-0.1, -0.05) is 23.7 Å². The molecule has 1 aliphatic rings. The van der Waals surface area contributed by atoms with Crippen molar-refractivity contribution >= 4 is 45.0 Å². The van der Waals surface area contributed by atoms with E-state index in [1.165, 1.54) is 13.2 Å². The van der Waals surface area contributed by atoms with Gasteiger partial charge in [0.25, 0.3) is 11.8 Å². The van der Waals surface area contributed by atoms with Crippen molar-refractivity contribution in [1.29, 1.82) is 0 Å². The van der Waals surface area contributed by atoms with Crippen LogP contribution in [-0.2, 0) is 0 Å². The predicted octanol–water partition coefficient (Wildman–Crippen LogP) is 3.91. The fourth-order valence-corrected chi connectivity index (χ4v) is 3.31. The van der Waals surface area contributed by atoms with Gasteiger partial charge >= 0.3 is 0 Å². The van der Waals surface area contributed by atoms with E-state index >= 15 is 0 Å². The number of anilines is 1. The first-order valence-electron chi connectivity index (χ1n) is 6.05. The van der Waals surface area contributed by atoms with Crippen LogP contribution in [-0.4, -0.2) is 18.9 Å². The fraction of sp³-hybridized carbons (Fsp3) is 0.0667. The van der Waals surface area contributed by atoms with Crippen LogP contribution < -0.4 is 9.64 Å². The lowest BCUT2D eigenvalue weighted by molar-refractivity contribution is 0.0926. The summed E-state index contributed by atoms with van der Waals surface area (Å²) in [5.41, 5.74) is 1.19. The molecule has 0 saturated heterocycles. The minimum absolute atomic E-state index is 0.318. The fourth-order valence-electron chi connectivity index (χ4n) is 2.29. The summed E-state index contributed by atoms with van der Waals surface area (Å²) in [5.74, 6) is -0.260. The lowest BCUT2D eigenvalue weighted by Gasteiger charge is -2.16. The van der Waals surface area contributed by atoms with E-state index in [0.29, 0.717) is 32.1 Å². The first-order valence-corrected chi connectivity index (χ1v) is 7.22. The van der Waals surface area contributed by atoms with E-state index in [1.807, 2.05) is 0 Å². The van der Waals surface area contributed by atoms with E-state index in [0.717, 1.165) is 4.90 Å². The zero-order valence-corrected chi connectivity index (χ0v) is 13.2. The summed E-state index contributed by atoms with van der Waals surface area (Å²) < 4.78 is 5.71. The molecule has 2 amide bonds. The Kier molecular flexibility index (Phi) is 3.47. The molecule has 0 atom stereocenters. The number of imide groups is 1. The molecular weight excluding hydrogens is 358 g/mol. The van der Waals surface area contributed by atoms with E-state index in [2.05, 4.69) is 15.9 Å². The molecule has 0 aliphatic carbocycles. The molecule has 2 aromatic rings. The van der Waals surface area contributed by atoms with Crippen LogP contribution in [0.25, 0.3) is 0 Å². The van der Waals surface area contributed by atoms with Gasteiger partial charge in [-0.25, -0.2) is 4.90 Å². The maximum absolute atomic E-state index is 12.4. The zero-order chi connectivity index (χ0) is 15.1. The van der Waals surface area contributed by atoms with Crippen LogP contribution in [0, 0.1) is 0 Å². The Morgan fingerprint density at radius 2 is 1.67 bits per heavy atom. The van der Waals surface area contributed by atoms with Crippen LogP contribution in [0.4, 0.5) is 5.69 Å². The summed E-state index contributed by atoms with van der Waals surface area (Å²) in [6.45, 7) is 0. The molecule has 0 N–H and O–H groups in total. The molecule has 0 fully saturated rings. The number of methoxy groups -OCH3 is 1. The molecule has 106 valence electrons. The number of benzene rings is 2. The van der Waals surface area contributed by atoms with Gasteiger partial charge in [0, 0.05) is 0 Å². The minimum atomic E-state index is -0.358. The topological polar surface area (TPSA) is 46.6 Å². The number of halogens is 2. The van der Waals surface area contributed by atoms with Crippen molar-refractivity contribution in [2.75, 3.05) is 12.0 Å². The van der Waals surface area contributed by atoms with Crippen molar-refractivity contribution in [2.45, 2.75) is 0 Å². The second kappa shape index (κ2) is 5.16. The smallest absolute Gasteiger partial charge is 0.266 e. The largest absolute Gasteiger partial charge is 0.494 e. The van der Waals surface area contributed by atoms with Crippen molar-refractivity contribution in [3.63, 3.8) is 0 Å². The Bertz CT molecular complexity index is 717. The van der Waals surface area contributed by atoms with Gasteiger partial charge < -0.3 is 4.74 Å². The lowest BCUT2D eigenvalue weighted by Crippen LogP contribution is -2.29. The first-order chi connectivity index (χ1) is 10.0. The van der Waals surface area contributed by atoms with Crippen LogP contribution in [0.2, 0.25) is 5.02 Å². The molecule has 0 aromatic heterocycles. The number of nitrogens with zero attached hydrogens (tertiary/aromatic N) is 1. The Morgan fingerprint density at radius 1 is 1.10 bits per heavy atom. The van der Waals surface area contributed by atoms with Gasteiger partial charge in [0.05, 0.1) is 33.4 Å². The van der Waals surface area contributed by atoms with Gasteiger partial charge in [0.1, 0.15) is 0 Å². The van der Waals surface area contributed by atoms with Crippen molar-refractivity contribution in [3.8, 4) is 5.75 Å². The Balaban J connectivity index is 2.11. The van der Waals surface area contributed by atoms with Gasteiger partial charge in [0.15, 0.2) is 5.75 Å². The van der Waals surface area contributed by atoms with Crippen LogP contribution in [0.1, 0.15) is 20.7 Å². The van der Waals surface area contributed by atoms with Gasteiger partial charge in [-0.2, -0.15) is 0 Å². The highest BCUT2D eigenvalue weighted by Gasteiger charge is 2.36. The van der Waals surface area contributed by atoms with Crippen LogP contribution in [0.5, 0.6) is 5.75 Å². The average Bonchev–Trinajstić information content (AvgIpc) is 2.71. The van der Waals surface area contributed by atoms with Crippen molar-refractivity contribution < 1.29 is 14.3 Å². The molecule has 0 unspecified atom stereocenters. The molecule has 1 aliphatic heterocycles. The molecule has 2 aromatic carbocycles. The highest BCUT2D eigenvalue weighted by molar-refractivity contribution is 9.10. The normalized spacial score (nSPS) is 13.6. The van der Waals surface area contributed by atoms with E-state index in [1.54, 1.807) is 30.3 Å². The Labute approximate surface area is 134 Å². The molecule has 0 spiro atoms. The van der Waals surface area contributed by atoms with Gasteiger partial charge in [-0.15, -0.1) is 0 Å². The highest BCUT2D eigenvalue weighted by Crippen LogP contribution is 2.39. The summed E-state index contributed by atoms with van der Waals surface area (Å²) in [6.07, 6.45) is 0. The molecule has 6 heteroatoms. The molecule has 3 rings (SSSR count). The number of amides is 2. The third-order valence-corrected chi connectivity index (χ3v) is 4.11. The number of fused-ring (bicyclic) bond motifs is 1. The third kappa shape index (κ3) is 2.13. The van der Waals surface area contributed by atoms with Crippen LogP contribution >= 0.6 is 27.5 Å². The minimum Gasteiger partial charge on any atom is -0.494 e. The molecular formula is C15H9BrClNO3. The molecule has 21 heavy (non-hydrogen) atoms. The maximum atomic E-state index is 12.4. The number of rotatable bonds is 2. The zero-order valence-electron chi connectivity index (χ0n) is 10.9.